The molecular weight excluding hydrogens is 439 g/mol. The van der Waals surface area contributed by atoms with Crippen LogP contribution in [-0.2, 0) is 4.57 Å². The van der Waals surface area contributed by atoms with E-state index in [1.807, 2.05) is 0 Å². The fraction of sp³-hybridized carbons (Fsp3) is 0.118. The van der Waals surface area contributed by atoms with E-state index in [0.717, 1.165) is 0 Å². The molecule has 0 unspecified atom stereocenters. The van der Waals surface area contributed by atoms with Gasteiger partial charge in [0.05, 0.1) is 37.3 Å². The van der Waals surface area contributed by atoms with Crippen LogP contribution in [0, 0.1) is 11.3 Å². The second-order valence-electron chi connectivity index (χ2n) is 5.18. The second-order valence-corrected chi connectivity index (χ2v) is 9.54. The molecule has 2 rings (SSSR count). The molecule has 26 heavy (non-hydrogen) atoms. The van der Waals surface area contributed by atoms with Crippen LogP contribution < -0.4 is 0 Å². The van der Waals surface area contributed by atoms with Crippen molar-refractivity contribution in [2.24, 2.45) is 0 Å². The molecule has 0 aliphatic heterocycles. The van der Waals surface area contributed by atoms with E-state index in [9.17, 15) is 14.2 Å². The minimum absolute atomic E-state index is 0.0438. The highest BCUT2D eigenvalue weighted by Gasteiger charge is 2.43. The molecule has 9 heteroatoms. The molecule has 4 nitrogen and oxygen atoms in total. The smallest absolute Gasteiger partial charge is 0.231 e. The summed E-state index contributed by atoms with van der Waals surface area (Å²) in [5, 5.41) is 8.68. The van der Waals surface area contributed by atoms with Gasteiger partial charge in [0.1, 0.15) is 0 Å². The maximum Gasteiger partial charge on any atom is 0.231 e. The molecular formula is C17H10Cl4NO3P. The van der Waals surface area contributed by atoms with Crippen molar-refractivity contribution in [3.63, 3.8) is 0 Å². The first kappa shape index (κ1) is 21.0. The van der Waals surface area contributed by atoms with Crippen LogP contribution in [0.3, 0.4) is 0 Å². The van der Waals surface area contributed by atoms with Crippen LogP contribution in [0.2, 0.25) is 20.1 Å². The normalized spacial score (nSPS) is 11.0. The fourth-order valence-electron chi connectivity index (χ4n) is 2.27. The Morgan fingerprint density at radius 1 is 0.846 bits per heavy atom. The Balaban J connectivity index is 2.66. The van der Waals surface area contributed by atoms with Crippen molar-refractivity contribution in [1.82, 2.24) is 0 Å². The minimum atomic E-state index is -4.31. The first-order chi connectivity index (χ1) is 12.2. The minimum Gasteiger partial charge on any atom is -0.307 e. The summed E-state index contributed by atoms with van der Waals surface area (Å²) >= 11 is 24.1. The van der Waals surface area contributed by atoms with Crippen molar-refractivity contribution in [2.75, 3.05) is 6.16 Å². The first-order valence-electron chi connectivity index (χ1n) is 7.18. The number of nitriles is 1. The quantitative estimate of drug-likeness (QED) is 0.469. The van der Waals surface area contributed by atoms with Crippen molar-refractivity contribution in [3.05, 3.63) is 67.6 Å². The third-order valence-corrected chi connectivity index (χ3v) is 7.42. The van der Waals surface area contributed by atoms with Crippen LogP contribution in [0.25, 0.3) is 0 Å². The van der Waals surface area contributed by atoms with E-state index in [1.54, 1.807) is 6.07 Å². The second kappa shape index (κ2) is 8.57. The molecule has 0 heterocycles. The predicted molar refractivity (Wildman–Crippen MR) is 104 cm³/mol. The summed E-state index contributed by atoms with van der Waals surface area (Å²) in [6.45, 7) is 0. The van der Waals surface area contributed by atoms with E-state index < -0.39 is 24.4 Å². The van der Waals surface area contributed by atoms with Crippen molar-refractivity contribution < 1.29 is 14.2 Å². The fourth-order valence-corrected chi connectivity index (χ4v) is 5.88. The standard InChI is InChI=1S/C17H10Cl4NO3P/c18-10-4-1-5-11(19)14(10)16(23)26(25,9-3-8-22)17(24)15-12(20)6-2-7-13(15)21/h1-2,4-7H,3,9H2. The summed E-state index contributed by atoms with van der Waals surface area (Å²) in [6, 6.07) is 10.4. The number of carbonyl (C=O) groups excluding carboxylic acids is 2. The van der Waals surface area contributed by atoms with E-state index in [0.29, 0.717) is 0 Å². The first-order valence-corrected chi connectivity index (χ1v) is 10.6. The van der Waals surface area contributed by atoms with Gasteiger partial charge in [-0.15, -0.1) is 0 Å². The molecule has 0 amide bonds. The SMILES string of the molecule is N#CCCP(=O)(C(=O)c1c(Cl)cccc1Cl)C(=O)c1c(Cl)cccc1Cl. The van der Waals surface area contributed by atoms with Gasteiger partial charge in [-0.1, -0.05) is 58.5 Å². The summed E-state index contributed by atoms with van der Waals surface area (Å²) in [4.78, 5) is 26.0. The van der Waals surface area contributed by atoms with E-state index in [-0.39, 0.29) is 37.6 Å². The van der Waals surface area contributed by atoms with E-state index >= 15 is 0 Å². The average Bonchev–Trinajstić information content (AvgIpc) is 2.59. The number of carbonyl (C=O) groups is 2. The molecule has 0 atom stereocenters. The number of hydrogen-bond donors (Lipinski definition) is 0. The van der Waals surface area contributed by atoms with E-state index in [4.69, 9.17) is 51.7 Å². The monoisotopic (exact) mass is 447 g/mol. The van der Waals surface area contributed by atoms with Crippen LogP contribution in [0.15, 0.2) is 36.4 Å². The van der Waals surface area contributed by atoms with Crippen molar-refractivity contribution in [2.45, 2.75) is 6.42 Å². The molecule has 0 aromatic heterocycles. The highest BCUT2D eigenvalue weighted by atomic mass is 35.5. The topological polar surface area (TPSA) is 75.0 Å². The van der Waals surface area contributed by atoms with Gasteiger partial charge in [-0.25, -0.2) is 0 Å². The number of rotatable bonds is 6. The highest BCUT2D eigenvalue weighted by Crippen LogP contribution is 2.55. The molecule has 0 spiro atoms. The van der Waals surface area contributed by atoms with E-state index in [1.165, 1.54) is 36.4 Å². The predicted octanol–water partition coefficient (Wildman–Crippen LogP) is 6.56. The van der Waals surface area contributed by atoms with Crippen molar-refractivity contribution in [1.29, 1.82) is 5.26 Å². The maximum absolute atomic E-state index is 13.5. The van der Waals surface area contributed by atoms with Crippen LogP contribution >= 0.6 is 53.5 Å². The Kier molecular flexibility index (Phi) is 6.91. The summed E-state index contributed by atoms with van der Waals surface area (Å²) in [5.41, 5.74) is -2.50. The maximum atomic E-state index is 13.5. The lowest BCUT2D eigenvalue weighted by Gasteiger charge is -2.17. The van der Waals surface area contributed by atoms with Gasteiger partial charge in [0.15, 0.2) is 0 Å². The molecule has 0 aliphatic rings. The number of nitrogens with zero attached hydrogens (tertiary/aromatic N) is 1. The summed E-state index contributed by atoms with van der Waals surface area (Å²) in [7, 11) is -4.31. The van der Waals surface area contributed by atoms with Crippen molar-refractivity contribution in [3.8, 4) is 6.07 Å². The summed E-state index contributed by atoms with van der Waals surface area (Å²) < 4.78 is 13.5. The molecule has 0 bridgehead atoms. The third-order valence-electron chi connectivity index (χ3n) is 3.55. The van der Waals surface area contributed by atoms with Crippen LogP contribution in [0.1, 0.15) is 27.1 Å². The molecule has 134 valence electrons. The zero-order valence-corrected chi connectivity index (χ0v) is 16.9. The Morgan fingerprint density at radius 2 is 1.19 bits per heavy atom. The highest BCUT2D eigenvalue weighted by molar-refractivity contribution is 7.95. The molecule has 0 saturated heterocycles. The van der Waals surface area contributed by atoms with Gasteiger partial charge in [0, 0.05) is 12.6 Å². The molecule has 0 saturated carbocycles. The molecule has 2 aromatic rings. The number of benzene rings is 2. The Bertz CT molecular complexity index is 876. The Hall–Kier alpha value is -1.34. The molecule has 0 fully saturated rings. The van der Waals surface area contributed by atoms with Crippen LogP contribution in [-0.4, -0.2) is 17.2 Å². The van der Waals surface area contributed by atoms with Crippen LogP contribution in [0.4, 0.5) is 0 Å². The molecule has 0 N–H and O–H groups in total. The third kappa shape index (κ3) is 3.98. The zero-order chi connectivity index (χ0) is 19.5. The van der Waals surface area contributed by atoms with Gasteiger partial charge in [-0.2, -0.15) is 5.26 Å². The van der Waals surface area contributed by atoms with Gasteiger partial charge in [0.2, 0.25) is 18.2 Å². The van der Waals surface area contributed by atoms with Gasteiger partial charge >= 0.3 is 0 Å². The van der Waals surface area contributed by atoms with Gasteiger partial charge in [-0.05, 0) is 24.3 Å². The average molecular weight is 449 g/mol. The Labute approximate surface area is 170 Å². The number of hydrogen-bond acceptors (Lipinski definition) is 4. The molecule has 2 aromatic carbocycles. The lowest BCUT2D eigenvalue weighted by molar-refractivity contribution is 0.103. The van der Waals surface area contributed by atoms with Gasteiger partial charge in [-0.3, -0.25) is 9.59 Å². The van der Waals surface area contributed by atoms with Crippen molar-refractivity contribution >= 4 is 64.6 Å². The Morgan fingerprint density at radius 3 is 1.50 bits per heavy atom. The lowest BCUT2D eigenvalue weighted by Crippen LogP contribution is -2.15. The van der Waals surface area contributed by atoms with Crippen LogP contribution in [0.5, 0.6) is 0 Å². The van der Waals surface area contributed by atoms with E-state index in [2.05, 4.69) is 0 Å². The summed E-state index contributed by atoms with van der Waals surface area (Å²) in [6.07, 6.45) is -0.747. The van der Waals surface area contributed by atoms with Gasteiger partial charge < -0.3 is 4.57 Å². The molecule has 0 aliphatic carbocycles. The number of halogens is 4. The molecule has 0 radical (unpaired) electrons. The lowest BCUT2D eigenvalue weighted by atomic mass is 10.2. The largest absolute Gasteiger partial charge is 0.307 e. The summed E-state index contributed by atoms with van der Waals surface area (Å²) in [5.74, 6) is 0. The zero-order valence-electron chi connectivity index (χ0n) is 13.0. The van der Waals surface area contributed by atoms with Gasteiger partial charge in [0.25, 0.3) is 0 Å².